The second-order valence-corrected chi connectivity index (χ2v) is 4.14. The number of ether oxygens (including phenoxy) is 2. The van der Waals surface area contributed by atoms with Crippen molar-refractivity contribution in [3.8, 4) is 0 Å². The van der Waals surface area contributed by atoms with Gasteiger partial charge in [-0.05, 0) is 25.8 Å². The van der Waals surface area contributed by atoms with Crippen LogP contribution < -0.4 is 5.32 Å². The van der Waals surface area contributed by atoms with E-state index < -0.39 is 0 Å². The largest absolute Gasteiger partial charge is 0.381 e. The lowest BCUT2D eigenvalue weighted by Crippen LogP contribution is -2.28. The van der Waals surface area contributed by atoms with Crippen LogP contribution >= 0.6 is 0 Å². The van der Waals surface area contributed by atoms with Crippen molar-refractivity contribution < 1.29 is 9.47 Å². The van der Waals surface area contributed by atoms with Gasteiger partial charge in [-0.25, -0.2) is 0 Å². The maximum absolute atomic E-state index is 5.75. The molecule has 0 bridgehead atoms. The first-order valence-electron chi connectivity index (χ1n) is 6.33. The Morgan fingerprint density at radius 1 is 1.20 bits per heavy atom. The molecule has 0 aromatic carbocycles. The summed E-state index contributed by atoms with van der Waals surface area (Å²) in [5.74, 6) is 0. The summed E-state index contributed by atoms with van der Waals surface area (Å²) in [6.45, 7) is 6.93. The number of rotatable bonds is 8. The zero-order valence-corrected chi connectivity index (χ0v) is 9.96. The van der Waals surface area contributed by atoms with E-state index in [2.05, 4.69) is 12.2 Å². The molecule has 0 amide bonds. The van der Waals surface area contributed by atoms with E-state index in [-0.39, 0.29) is 0 Å². The van der Waals surface area contributed by atoms with Crippen molar-refractivity contribution in [3.63, 3.8) is 0 Å². The summed E-state index contributed by atoms with van der Waals surface area (Å²) < 4.78 is 11.0. The molecule has 0 aromatic heterocycles. The molecule has 0 saturated carbocycles. The van der Waals surface area contributed by atoms with Crippen LogP contribution in [0.25, 0.3) is 0 Å². The Hall–Kier alpha value is -0.120. The Kier molecular flexibility index (Phi) is 7.88. The van der Waals surface area contributed by atoms with Crippen LogP contribution in [0.1, 0.15) is 39.0 Å². The average molecular weight is 215 g/mol. The second-order valence-electron chi connectivity index (χ2n) is 4.14. The van der Waals surface area contributed by atoms with Crippen LogP contribution in [0, 0.1) is 0 Å². The fourth-order valence-electron chi connectivity index (χ4n) is 1.77. The van der Waals surface area contributed by atoms with Crippen LogP contribution in [-0.4, -0.2) is 39.0 Å². The van der Waals surface area contributed by atoms with E-state index in [0.29, 0.717) is 6.10 Å². The molecule has 0 radical (unpaired) electrons. The molecule has 1 aliphatic rings. The maximum Gasteiger partial charge on any atom is 0.0619 e. The molecule has 1 heterocycles. The third-order valence-electron chi connectivity index (χ3n) is 2.76. The van der Waals surface area contributed by atoms with E-state index in [4.69, 9.17) is 9.47 Å². The highest BCUT2D eigenvalue weighted by atomic mass is 16.5. The molecule has 1 saturated heterocycles. The summed E-state index contributed by atoms with van der Waals surface area (Å²) in [5, 5.41) is 3.40. The Morgan fingerprint density at radius 2 is 2.00 bits per heavy atom. The SMILES string of the molecule is CCCCCNCCOC1CCOCC1. The van der Waals surface area contributed by atoms with Gasteiger partial charge in [0.25, 0.3) is 0 Å². The van der Waals surface area contributed by atoms with Crippen molar-refractivity contribution >= 4 is 0 Å². The molecule has 1 fully saturated rings. The van der Waals surface area contributed by atoms with Crippen molar-refractivity contribution in [3.05, 3.63) is 0 Å². The van der Waals surface area contributed by atoms with Crippen molar-refractivity contribution in [2.45, 2.75) is 45.1 Å². The van der Waals surface area contributed by atoms with Gasteiger partial charge in [0.15, 0.2) is 0 Å². The summed E-state index contributed by atoms with van der Waals surface area (Å²) in [5.41, 5.74) is 0. The molecule has 3 heteroatoms. The zero-order valence-electron chi connectivity index (χ0n) is 9.96. The van der Waals surface area contributed by atoms with Gasteiger partial charge in [-0.1, -0.05) is 19.8 Å². The van der Waals surface area contributed by atoms with Gasteiger partial charge in [-0.2, -0.15) is 0 Å². The molecule has 0 spiro atoms. The normalized spacial score (nSPS) is 18.2. The Labute approximate surface area is 93.5 Å². The minimum absolute atomic E-state index is 0.441. The zero-order chi connectivity index (χ0) is 10.8. The predicted octanol–water partition coefficient (Wildman–Crippen LogP) is 1.96. The van der Waals surface area contributed by atoms with Crippen LogP contribution in [0.5, 0.6) is 0 Å². The number of hydrogen-bond donors (Lipinski definition) is 1. The van der Waals surface area contributed by atoms with E-state index in [1.807, 2.05) is 0 Å². The lowest BCUT2D eigenvalue weighted by Gasteiger charge is -2.22. The fourth-order valence-corrected chi connectivity index (χ4v) is 1.77. The van der Waals surface area contributed by atoms with Gasteiger partial charge in [0.1, 0.15) is 0 Å². The van der Waals surface area contributed by atoms with Crippen molar-refractivity contribution in [1.29, 1.82) is 0 Å². The average Bonchev–Trinajstić information content (AvgIpc) is 2.29. The maximum atomic E-state index is 5.75. The van der Waals surface area contributed by atoms with Crippen LogP contribution in [-0.2, 0) is 9.47 Å². The van der Waals surface area contributed by atoms with Gasteiger partial charge in [0.2, 0.25) is 0 Å². The van der Waals surface area contributed by atoms with Crippen molar-refractivity contribution in [1.82, 2.24) is 5.32 Å². The van der Waals surface area contributed by atoms with Gasteiger partial charge >= 0.3 is 0 Å². The molecule has 0 atom stereocenters. The smallest absolute Gasteiger partial charge is 0.0619 e. The molecule has 90 valence electrons. The molecule has 1 rings (SSSR count). The molecule has 0 aliphatic carbocycles. The summed E-state index contributed by atoms with van der Waals surface area (Å²) in [6.07, 6.45) is 6.48. The van der Waals surface area contributed by atoms with E-state index in [1.165, 1.54) is 19.3 Å². The fraction of sp³-hybridized carbons (Fsp3) is 1.00. The molecule has 0 unspecified atom stereocenters. The minimum atomic E-state index is 0.441. The summed E-state index contributed by atoms with van der Waals surface area (Å²) in [6, 6.07) is 0. The van der Waals surface area contributed by atoms with Crippen LogP contribution in [0.2, 0.25) is 0 Å². The lowest BCUT2D eigenvalue weighted by molar-refractivity contribution is -0.0304. The Balaban J connectivity index is 1.79. The molecule has 0 aromatic rings. The van der Waals surface area contributed by atoms with Gasteiger partial charge < -0.3 is 14.8 Å². The molecular formula is C12H25NO2. The molecular weight excluding hydrogens is 190 g/mol. The van der Waals surface area contributed by atoms with Gasteiger partial charge in [-0.15, -0.1) is 0 Å². The second kappa shape index (κ2) is 9.13. The summed E-state index contributed by atoms with van der Waals surface area (Å²) >= 11 is 0. The molecule has 1 aliphatic heterocycles. The summed E-state index contributed by atoms with van der Waals surface area (Å²) in [7, 11) is 0. The highest BCUT2D eigenvalue weighted by molar-refractivity contribution is 4.62. The molecule has 15 heavy (non-hydrogen) atoms. The quantitative estimate of drug-likeness (QED) is 0.628. The third kappa shape index (κ3) is 6.88. The molecule has 1 N–H and O–H groups in total. The number of unbranched alkanes of at least 4 members (excludes halogenated alkanes) is 2. The predicted molar refractivity (Wildman–Crippen MR) is 62.2 cm³/mol. The number of nitrogens with one attached hydrogen (secondary N) is 1. The van der Waals surface area contributed by atoms with Gasteiger partial charge in [0, 0.05) is 19.8 Å². The van der Waals surface area contributed by atoms with Gasteiger partial charge in [0.05, 0.1) is 12.7 Å². The third-order valence-corrected chi connectivity index (χ3v) is 2.76. The van der Waals surface area contributed by atoms with Gasteiger partial charge in [-0.3, -0.25) is 0 Å². The highest BCUT2D eigenvalue weighted by Crippen LogP contribution is 2.09. The van der Waals surface area contributed by atoms with E-state index in [0.717, 1.165) is 45.8 Å². The standard InChI is InChI=1S/C12H25NO2/c1-2-3-4-7-13-8-11-15-12-5-9-14-10-6-12/h12-13H,2-11H2,1H3. The van der Waals surface area contributed by atoms with Crippen molar-refractivity contribution in [2.75, 3.05) is 32.9 Å². The van der Waals surface area contributed by atoms with E-state index in [1.54, 1.807) is 0 Å². The van der Waals surface area contributed by atoms with Crippen LogP contribution in [0.15, 0.2) is 0 Å². The summed E-state index contributed by atoms with van der Waals surface area (Å²) in [4.78, 5) is 0. The Morgan fingerprint density at radius 3 is 2.73 bits per heavy atom. The molecule has 3 nitrogen and oxygen atoms in total. The monoisotopic (exact) mass is 215 g/mol. The minimum Gasteiger partial charge on any atom is -0.381 e. The van der Waals surface area contributed by atoms with E-state index >= 15 is 0 Å². The first-order valence-corrected chi connectivity index (χ1v) is 6.33. The van der Waals surface area contributed by atoms with E-state index in [9.17, 15) is 0 Å². The first kappa shape index (κ1) is 12.9. The Bertz CT molecular complexity index is 136. The van der Waals surface area contributed by atoms with Crippen LogP contribution in [0.4, 0.5) is 0 Å². The van der Waals surface area contributed by atoms with Crippen LogP contribution in [0.3, 0.4) is 0 Å². The lowest BCUT2D eigenvalue weighted by atomic mass is 10.2. The van der Waals surface area contributed by atoms with Crippen molar-refractivity contribution in [2.24, 2.45) is 0 Å². The number of hydrogen-bond acceptors (Lipinski definition) is 3. The highest BCUT2D eigenvalue weighted by Gasteiger charge is 2.13. The first-order chi connectivity index (χ1) is 7.43. The topological polar surface area (TPSA) is 30.5 Å².